The predicted molar refractivity (Wildman–Crippen MR) is 100.0 cm³/mol. The summed E-state index contributed by atoms with van der Waals surface area (Å²) in [4.78, 5) is 23.0. The fourth-order valence-electron chi connectivity index (χ4n) is 2.73. The van der Waals surface area contributed by atoms with E-state index in [1.807, 2.05) is 0 Å². The molecule has 0 amide bonds. The van der Waals surface area contributed by atoms with Crippen molar-refractivity contribution in [3.05, 3.63) is 40.9 Å². The quantitative estimate of drug-likeness (QED) is 0.290. The zero-order valence-corrected chi connectivity index (χ0v) is 16.7. The van der Waals surface area contributed by atoms with Crippen LogP contribution in [0.5, 0.6) is 0 Å². The zero-order chi connectivity index (χ0) is 21.8. The Kier molecular flexibility index (Phi) is 7.22. The standard InChI is InChI=1S/C18H21FN2O7S/c1-11(20)17(12(2)22)15(23)10-28-18(24)13-3-4-14(19)16(9-13)29(25,26)21-5-7-27-8-6-21/h3-4,9,20,23H,5-8,10H2,1-2H3/b17-15-,20-11?. The van der Waals surface area contributed by atoms with Crippen LogP contribution >= 0.6 is 0 Å². The number of rotatable bonds is 7. The van der Waals surface area contributed by atoms with E-state index in [1.165, 1.54) is 6.92 Å². The third kappa shape index (κ3) is 5.25. The van der Waals surface area contributed by atoms with Gasteiger partial charge in [-0.05, 0) is 32.0 Å². The maximum absolute atomic E-state index is 14.2. The first-order valence-electron chi connectivity index (χ1n) is 8.59. The van der Waals surface area contributed by atoms with Gasteiger partial charge in [-0.3, -0.25) is 4.79 Å². The molecule has 158 valence electrons. The van der Waals surface area contributed by atoms with Gasteiger partial charge < -0.3 is 20.0 Å². The Balaban J connectivity index is 2.24. The Labute approximate surface area is 167 Å². The minimum Gasteiger partial charge on any atom is -0.508 e. The molecule has 1 aliphatic rings. The molecule has 2 rings (SSSR count). The van der Waals surface area contributed by atoms with Gasteiger partial charge in [0.25, 0.3) is 0 Å². The molecule has 0 spiro atoms. The van der Waals surface area contributed by atoms with E-state index >= 15 is 0 Å². The molecule has 0 bridgehead atoms. The van der Waals surface area contributed by atoms with Crippen molar-refractivity contribution in [1.29, 1.82) is 5.41 Å². The summed E-state index contributed by atoms with van der Waals surface area (Å²) in [5, 5.41) is 17.4. The summed E-state index contributed by atoms with van der Waals surface area (Å²) < 4.78 is 50.5. The molecule has 1 heterocycles. The SMILES string of the molecule is CC(=N)/C(C(C)=O)=C(/O)COC(=O)c1ccc(F)c(S(=O)(=O)N2CCOCC2)c1. The Morgan fingerprint density at radius 1 is 1.28 bits per heavy atom. The number of hydrogen-bond acceptors (Lipinski definition) is 8. The van der Waals surface area contributed by atoms with Crippen LogP contribution in [0.3, 0.4) is 0 Å². The summed E-state index contributed by atoms with van der Waals surface area (Å²) in [6, 6.07) is 2.74. The molecule has 2 N–H and O–H groups in total. The van der Waals surface area contributed by atoms with Crippen LogP contribution in [-0.2, 0) is 24.3 Å². The summed E-state index contributed by atoms with van der Waals surface area (Å²) >= 11 is 0. The zero-order valence-electron chi connectivity index (χ0n) is 15.9. The maximum atomic E-state index is 14.2. The first-order chi connectivity index (χ1) is 13.6. The molecule has 11 heteroatoms. The van der Waals surface area contributed by atoms with Gasteiger partial charge in [0, 0.05) is 18.8 Å². The number of benzene rings is 1. The summed E-state index contributed by atoms with van der Waals surface area (Å²) in [6.07, 6.45) is 0. The van der Waals surface area contributed by atoms with Crippen molar-refractivity contribution < 1.29 is 37.0 Å². The van der Waals surface area contributed by atoms with E-state index in [-0.39, 0.29) is 43.2 Å². The van der Waals surface area contributed by atoms with Crippen LogP contribution in [0.4, 0.5) is 4.39 Å². The second-order valence-corrected chi connectivity index (χ2v) is 8.15. The highest BCUT2D eigenvalue weighted by molar-refractivity contribution is 7.89. The molecule has 0 unspecified atom stereocenters. The van der Waals surface area contributed by atoms with Crippen LogP contribution in [-0.4, -0.2) is 68.2 Å². The van der Waals surface area contributed by atoms with Crippen LogP contribution in [0, 0.1) is 11.2 Å². The average molecular weight is 428 g/mol. The van der Waals surface area contributed by atoms with Crippen molar-refractivity contribution in [2.24, 2.45) is 0 Å². The van der Waals surface area contributed by atoms with Gasteiger partial charge >= 0.3 is 5.97 Å². The van der Waals surface area contributed by atoms with Gasteiger partial charge in [-0.25, -0.2) is 17.6 Å². The lowest BCUT2D eigenvalue weighted by atomic mass is 10.1. The topological polar surface area (TPSA) is 134 Å². The fourth-order valence-corrected chi connectivity index (χ4v) is 4.23. The first-order valence-corrected chi connectivity index (χ1v) is 10.0. The number of morpholine rings is 1. The number of esters is 1. The minimum absolute atomic E-state index is 0.0614. The number of sulfonamides is 1. The molecule has 0 radical (unpaired) electrons. The van der Waals surface area contributed by atoms with Crippen LogP contribution in [0.2, 0.25) is 0 Å². The molecule has 1 aliphatic heterocycles. The molecule has 1 saturated heterocycles. The molecule has 1 aromatic carbocycles. The summed E-state index contributed by atoms with van der Waals surface area (Å²) in [5.74, 6) is -3.23. The third-order valence-corrected chi connectivity index (χ3v) is 6.02. The number of Topliss-reactive ketones (excluding diaryl/α,β-unsaturated/α-hetero) is 1. The number of nitrogens with one attached hydrogen (secondary N) is 1. The largest absolute Gasteiger partial charge is 0.508 e. The summed E-state index contributed by atoms with van der Waals surface area (Å²) in [7, 11) is -4.18. The lowest BCUT2D eigenvalue weighted by Gasteiger charge is -2.26. The normalized spacial score (nSPS) is 16.1. The fraction of sp³-hybridized carbons (Fsp3) is 0.389. The minimum atomic E-state index is -4.18. The van der Waals surface area contributed by atoms with Gasteiger partial charge in [0.15, 0.2) is 5.78 Å². The number of carbonyl (C=O) groups excluding carboxylic acids is 2. The highest BCUT2D eigenvalue weighted by Gasteiger charge is 2.30. The van der Waals surface area contributed by atoms with Gasteiger partial charge in [0.2, 0.25) is 10.0 Å². The van der Waals surface area contributed by atoms with E-state index < -0.39 is 44.9 Å². The number of ketones is 1. The molecular formula is C18H21FN2O7S. The highest BCUT2D eigenvalue weighted by atomic mass is 32.2. The second kappa shape index (κ2) is 9.25. The van der Waals surface area contributed by atoms with Crippen molar-refractivity contribution in [2.75, 3.05) is 32.9 Å². The number of halogens is 1. The molecule has 1 fully saturated rings. The van der Waals surface area contributed by atoms with Crippen molar-refractivity contribution in [1.82, 2.24) is 4.31 Å². The van der Waals surface area contributed by atoms with Gasteiger partial charge in [0.1, 0.15) is 23.1 Å². The third-order valence-electron chi connectivity index (χ3n) is 4.11. The predicted octanol–water partition coefficient (Wildman–Crippen LogP) is 1.44. The van der Waals surface area contributed by atoms with Gasteiger partial charge in [-0.2, -0.15) is 4.31 Å². The van der Waals surface area contributed by atoms with Crippen LogP contribution in [0.15, 0.2) is 34.4 Å². The van der Waals surface area contributed by atoms with E-state index in [2.05, 4.69) is 0 Å². The number of allylic oxidation sites excluding steroid dienone is 1. The van der Waals surface area contributed by atoms with E-state index in [1.54, 1.807) is 0 Å². The lowest BCUT2D eigenvalue weighted by molar-refractivity contribution is -0.113. The van der Waals surface area contributed by atoms with Crippen molar-refractivity contribution in [2.45, 2.75) is 18.7 Å². The number of nitrogens with zero attached hydrogens (tertiary/aromatic N) is 1. The van der Waals surface area contributed by atoms with Gasteiger partial charge in [-0.1, -0.05) is 0 Å². The van der Waals surface area contributed by atoms with E-state index in [0.717, 1.165) is 29.4 Å². The molecule has 29 heavy (non-hydrogen) atoms. The van der Waals surface area contributed by atoms with Crippen molar-refractivity contribution in [3.8, 4) is 0 Å². The van der Waals surface area contributed by atoms with Crippen LogP contribution < -0.4 is 0 Å². The lowest BCUT2D eigenvalue weighted by Crippen LogP contribution is -2.41. The second-order valence-electron chi connectivity index (χ2n) is 6.24. The number of carbonyl (C=O) groups is 2. The molecule has 0 atom stereocenters. The smallest absolute Gasteiger partial charge is 0.338 e. The Morgan fingerprint density at radius 3 is 2.45 bits per heavy atom. The Bertz CT molecular complexity index is 950. The summed E-state index contributed by atoms with van der Waals surface area (Å²) in [6.45, 7) is 2.22. The molecular weight excluding hydrogens is 407 g/mol. The van der Waals surface area contributed by atoms with Crippen LogP contribution in [0.1, 0.15) is 24.2 Å². The molecule has 1 aromatic rings. The van der Waals surface area contributed by atoms with E-state index in [9.17, 15) is 27.5 Å². The average Bonchev–Trinajstić information content (AvgIpc) is 2.66. The number of aliphatic hydroxyl groups excluding tert-OH is 1. The monoisotopic (exact) mass is 428 g/mol. The summed E-state index contributed by atoms with van der Waals surface area (Å²) in [5.41, 5.74) is -0.735. The van der Waals surface area contributed by atoms with Crippen molar-refractivity contribution in [3.63, 3.8) is 0 Å². The van der Waals surface area contributed by atoms with E-state index in [0.29, 0.717) is 0 Å². The van der Waals surface area contributed by atoms with Crippen LogP contribution in [0.25, 0.3) is 0 Å². The maximum Gasteiger partial charge on any atom is 0.338 e. The van der Waals surface area contributed by atoms with Gasteiger partial charge in [-0.15, -0.1) is 0 Å². The molecule has 0 aromatic heterocycles. The Morgan fingerprint density at radius 2 is 1.90 bits per heavy atom. The molecule has 9 nitrogen and oxygen atoms in total. The molecule has 0 saturated carbocycles. The van der Waals surface area contributed by atoms with Crippen molar-refractivity contribution >= 4 is 27.5 Å². The first kappa shape index (κ1) is 22.7. The van der Waals surface area contributed by atoms with Gasteiger partial charge in [0.05, 0.1) is 24.4 Å². The number of hydrogen-bond donors (Lipinski definition) is 2. The van der Waals surface area contributed by atoms with E-state index in [4.69, 9.17) is 14.9 Å². The number of ether oxygens (including phenoxy) is 2. The highest BCUT2D eigenvalue weighted by Crippen LogP contribution is 2.22. The number of aliphatic hydroxyl groups is 1. The molecule has 0 aliphatic carbocycles. The Hall–Kier alpha value is -2.63.